The van der Waals surface area contributed by atoms with Crippen molar-refractivity contribution >= 4 is 23.3 Å². The normalized spacial score (nSPS) is 23.9. The molecule has 0 bridgehead atoms. The maximum atomic E-state index is 13.7. The van der Waals surface area contributed by atoms with Gasteiger partial charge in [-0.25, -0.2) is 4.39 Å². The molecule has 1 fully saturated rings. The molecule has 1 aliphatic rings. The summed E-state index contributed by atoms with van der Waals surface area (Å²) >= 11 is 5.50. The summed E-state index contributed by atoms with van der Waals surface area (Å²) in [6.07, 6.45) is 6.28. The number of halogens is 1. The van der Waals surface area contributed by atoms with Crippen molar-refractivity contribution < 1.29 is 4.39 Å². The maximum Gasteiger partial charge on any atom is 0.178 e. The lowest BCUT2D eigenvalue weighted by Gasteiger charge is -2.24. The van der Waals surface area contributed by atoms with Gasteiger partial charge in [0.05, 0.1) is 11.0 Å². The summed E-state index contributed by atoms with van der Waals surface area (Å²) in [4.78, 5) is 3.17. The molecule has 0 saturated heterocycles. The van der Waals surface area contributed by atoms with Crippen LogP contribution in [-0.2, 0) is 0 Å². The number of hydrogen-bond acceptors (Lipinski definition) is 1. The summed E-state index contributed by atoms with van der Waals surface area (Å²) in [7, 11) is 0. The fourth-order valence-electron chi connectivity index (χ4n) is 3.44. The SMILES string of the molecule is Cc1cc2c(cc1F)[nH]c(=S)n2C1CCCCCC1C. The summed E-state index contributed by atoms with van der Waals surface area (Å²) in [6.45, 7) is 4.12. The van der Waals surface area contributed by atoms with Crippen molar-refractivity contribution in [2.24, 2.45) is 5.92 Å². The molecule has 4 heteroatoms. The molecule has 1 heterocycles. The number of nitrogens with zero attached hydrogens (tertiary/aromatic N) is 1. The second kappa shape index (κ2) is 5.32. The third-order valence-electron chi connectivity index (χ3n) is 4.64. The molecular weight excluding hydrogens is 271 g/mol. The Bertz CT molecular complexity index is 686. The number of H-pyrrole nitrogens is 1. The van der Waals surface area contributed by atoms with E-state index in [0.29, 0.717) is 17.5 Å². The zero-order valence-electron chi connectivity index (χ0n) is 12.1. The standard InChI is InChI=1S/C16H21FN2S/c1-10-6-4-3-5-7-14(10)19-15-8-11(2)12(17)9-13(15)18-16(19)20/h8-10,14H,3-7H2,1-2H3,(H,18,20). The van der Waals surface area contributed by atoms with E-state index in [4.69, 9.17) is 12.2 Å². The molecule has 108 valence electrons. The molecule has 1 N–H and O–H groups in total. The summed E-state index contributed by atoms with van der Waals surface area (Å²) in [5, 5.41) is 0. The highest BCUT2D eigenvalue weighted by molar-refractivity contribution is 7.71. The molecule has 2 aromatic rings. The lowest BCUT2D eigenvalue weighted by Crippen LogP contribution is -2.16. The molecule has 1 aliphatic carbocycles. The van der Waals surface area contributed by atoms with Crippen LogP contribution in [0.4, 0.5) is 4.39 Å². The molecule has 0 aliphatic heterocycles. The van der Waals surface area contributed by atoms with E-state index in [2.05, 4.69) is 16.5 Å². The molecule has 2 nitrogen and oxygen atoms in total. The lowest BCUT2D eigenvalue weighted by molar-refractivity contribution is 0.338. The summed E-state index contributed by atoms with van der Waals surface area (Å²) in [5.74, 6) is 0.448. The van der Waals surface area contributed by atoms with Gasteiger partial charge < -0.3 is 9.55 Å². The second-order valence-electron chi connectivity index (χ2n) is 6.10. The van der Waals surface area contributed by atoms with E-state index in [9.17, 15) is 4.39 Å². The van der Waals surface area contributed by atoms with Crippen LogP contribution in [0.25, 0.3) is 11.0 Å². The Morgan fingerprint density at radius 2 is 2.00 bits per heavy atom. The predicted molar refractivity (Wildman–Crippen MR) is 83.1 cm³/mol. The molecule has 0 amide bonds. The van der Waals surface area contributed by atoms with Gasteiger partial charge in [-0.1, -0.05) is 26.2 Å². The van der Waals surface area contributed by atoms with Gasteiger partial charge in [0.2, 0.25) is 0 Å². The Balaban J connectivity index is 2.17. The van der Waals surface area contributed by atoms with Crippen LogP contribution < -0.4 is 0 Å². The molecular formula is C16H21FN2S. The molecule has 0 spiro atoms. The van der Waals surface area contributed by atoms with Gasteiger partial charge in [0.15, 0.2) is 4.77 Å². The van der Waals surface area contributed by atoms with Crippen LogP contribution >= 0.6 is 12.2 Å². The largest absolute Gasteiger partial charge is 0.330 e. The number of fused-ring (bicyclic) bond motifs is 1. The Morgan fingerprint density at radius 1 is 1.25 bits per heavy atom. The number of aryl methyl sites for hydroxylation is 1. The highest BCUT2D eigenvalue weighted by Crippen LogP contribution is 2.35. The van der Waals surface area contributed by atoms with E-state index in [1.54, 1.807) is 6.07 Å². The van der Waals surface area contributed by atoms with Gasteiger partial charge >= 0.3 is 0 Å². The van der Waals surface area contributed by atoms with Crippen molar-refractivity contribution in [3.05, 3.63) is 28.3 Å². The summed E-state index contributed by atoms with van der Waals surface area (Å²) in [6, 6.07) is 3.93. The first-order valence-corrected chi connectivity index (χ1v) is 7.89. The molecule has 20 heavy (non-hydrogen) atoms. The average molecular weight is 292 g/mol. The molecule has 2 unspecified atom stereocenters. The number of hydrogen-bond donors (Lipinski definition) is 1. The number of nitrogens with one attached hydrogen (secondary N) is 1. The van der Waals surface area contributed by atoms with Gasteiger partial charge in [0, 0.05) is 6.04 Å². The molecule has 2 atom stereocenters. The van der Waals surface area contributed by atoms with E-state index in [1.807, 2.05) is 13.0 Å². The number of rotatable bonds is 1. The maximum absolute atomic E-state index is 13.7. The van der Waals surface area contributed by atoms with Gasteiger partial charge in [0.1, 0.15) is 5.82 Å². The van der Waals surface area contributed by atoms with Crippen LogP contribution in [0.2, 0.25) is 0 Å². The van der Waals surface area contributed by atoms with Gasteiger partial charge in [-0.2, -0.15) is 0 Å². The Morgan fingerprint density at radius 3 is 2.80 bits per heavy atom. The van der Waals surface area contributed by atoms with Crippen LogP contribution in [0.15, 0.2) is 12.1 Å². The molecule has 0 radical (unpaired) electrons. The highest BCUT2D eigenvalue weighted by Gasteiger charge is 2.24. The Labute approximate surface area is 124 Å². The zero-order chi connectivity index (χ0) is 14.3. The van der Waals surface area contributed by atoms with E-state index in [-0.39, 0.29) is 5.82 Å². The van der Waals surface area contributed by atoms with Crippen LogP contribution in [0.3, 0.4) is 0 Å². The van der Waals surface area contributed by atoms with Crippen molar-refractivity contribution in [1.82, 2.24) is 9.55 Å². The van der Waals surface area contributed by atoms with E-state index in [1.165, 1.54) is 32.1 Å². The van der Waals surface area contributed by atoms with Gasteiger partial charge in [-0.05, 0) is 55.6 Å². The van der Waals surface area contributed by atoms with E-state index in [0.717, 1.165) is 15.8 Å². The van der Waals surface area contributed by atoms with Gasteiger partial charge in [-0.15, -0.1) is 0 Å². The van der Waals surface area contributed by atoms with Gasteiger partial charge in [0.25, 0.3) is 0 Å². The minimum absolute atomic E-state index is 0.171. The van der Waals surface area contributed by atoms with Crippen molar-refractivity contribution in [3.8, 4) is 0 Å². The van der Waals surface area contributed by atoms with Crippen LogP contribution in [0, 0.1) is 23.4 Å². The van der Waals surface area contributed by atoms with Crippen LogP contribution in [0.5, 0.6) is 0 Å². The predicted octanol–water partition coefficient (Wildman–Crippen LogP) is 5.29. The smallest absolute Gasteiger partial charge is 0.178 e. The quantitative estimate of drug-likeness (QED) is 0.559. The third-order valence-corrected chi connectivity index (χ3v) is 4.94. The minimum Gasteiger partial charge on any atom is -0.330 e. The van der Waals surface area contributed by atoms with E-state index < -0.39 is 0 Å². The number of aromatic nitrogens is 2. The fraction of sp³-hybridized carbons (Fsp3) is 0.562. The first-order chi connectivity index (χ1) is 9.58. The highest BCUT2D eigenvalue weighted by atomic mass is 32.1. The zero-order valence-corrected chi connectivity index (χ0v) is 12.9. The fourth-order valence-corrected chi connectivity index (χ4v) is 3.78. The summed E-state index contributed by atoms with van der Waals surface area (Å²) in [5.41, 5.74) is 2.55. The van der Waals surface area contributed by atoms with Crippen molar-refractivity contribution in [3.63, 3.8) is 0 Å². The topological polar surface area (TPSA) is 20.7 Å². The molecule has 3 rings (SSSR count). The Kier molecular flexibility index (Phi) is 3.67. The van der Waals surface area contributed by atoms with Crippen molar-refractivity contribution in [2.45, 2.75) is 52.0 Å². The number of benzene rings is 1. The van der Waals surface area contributed by atoms with Crippen LogP contribution in [0.1, 0.15) is 50.6 Å². The second-order valence-corrected chi connectivity index (χ2v) is 6.49. The minimum atomic E-state index is -0.171. The van der Waals surface area contributed by atoms with Gasteiger partial charge in [-0.3, -0.25) is 0 Å². The molecule has 1 aromatic heterocycles. The molecule has 1 saturated carbocycles. The third kappa shape index (κ3) is 2.30. The number of imidazole rings is 1. The molecule has 1 aromatic carbocycles. The first-order valence-electron chi connectivity index (χ1n) is 7.48. The Hall–Kier alpha value is -1.16. The first kappa shape index (κ1) is 13.8. The van der Waals surface area contributed by atoms with Crippen molar-refractivity contribution in [2.75, 3.05) is 0 Å². The van der Waals surface area contributed by atoms with Crippen molar-refractivity contribution in [1.29, 1.82) is 0 Å². The average Bonchev–Trinajstić information content (AvgIpc) is 2.58. The van der Waals surface area contributed by atoms with E-state index >= 15 is 0 Å². The number of aromatic amines is 1. The lowest BCUT2D eigenvalue weighted by atomic mass is 9.96. The summed E-state index contributed by atoms with van der Waals surface area (Å²) < 4.78 is 16.7. The van der Waals surface area contributed by atoms with Crippen LogP contribution in [-0.4, -0.2) is 9.55 Å². The monoisotopic (exact) mass is 292 g/mol.